The Morgan fingerprint density at radius 1 is 0.808 bits per heavy atom. The molecule has 0 saturated carbocycles. The maximum Gasteiger partial charge on any atom is 0.115 e. The molecule has 0 aromatic carbocycles. The monoisotopic (exact) mass is 366 g/mol. The van der Waals surface area contributed by atoms with Crippen molar-refractivity contribution in [3.05, 3.63) is 97.2 Å². The van der Waals surface area contributed by atoms with Crippen LogP contribution >= 0.6 is 11.3 Å². The minimum atomic E-state index is 1.03. The van der Waals surface area contributed by atoms with Gasteiger partial charge in [-0.2, -0.15) is 0 Å². The van der Waals surface area contributed by atoms with Gasteiger partial charge in [-0.3, -0.25) is 9.98 Å². The molecular weight excluding hydrogens is 344 g/mol. The summed E-state index contributed by atoms with van der Waals surface area (Å²) in [6.07, 6.45) is 27.9. The lowest BCUT2D eigenvalue weighted by molar-refractivity contribution is 1.17. The number of hydrogen-bond acceptors (Lipinski definition) is 6. The molecule has 0 saturated heterocycles. The third-order valence-electron chi connectivity index (χ3n) is 2.42. The van der Waals surface area contributed by atoms with E-state index in [4.69, 9.17) is 0 Å². The second kappa shape index (κ2) is 18.2. The summed E-state index contributed by atoms with van der Waals surface area (Å²) < 4.78 is 0. The second-order valence-electron chi connectivity index (χ2n) is 4.38. The normalized spacial score (nSPS) is 11.7. The molecule has 26 heavy (non-hydrogen) atoms. The van der Waals surface area contributed by atoms with E-state index >= 15 is 0 Å². The van der Waals surface area contributed by atoms with Gasteiger partial charge in [-0.15, -0.1) is 11.3 Å². The largest absolute Gasteiger partial charge is 0.351 e. The molecule has 3 aromatic rings. The van der Waals surface area contributed by atoms with Gasteiger partial charge in [0.2, 0.25) is 0 Å². The summed E-state index contributed by atoms with van der Waals surface area (Å²) in [6.45, 7) is 0. The number of aromatic nitrogens is 5. The Morgan fingerprint density at radius 2 is 1.65 bits per heavy atom. The van der Waals surface area contributed by atoms with Gasteiger partial charge in [0.15, 0.2) is 0 Å². The lowest BCUT2D eigenvalue weighted by atomic mass is 10.5. The summed E-state index contributed by atoms with van der Waals surface area (Å²) in [5, 5.41) is 1.93. The molecule has 0 amide bonds. The van der Waals surface area contributed by atoms with E-state index < -0.39 is 0 Å². The lowest BCUT2D eigenvalue weighted by Crippen LogP contribution is -1.66. The van der Waals surface area contributed by atoms with Crippen LogP contribution in [0.3, 0.4) is 0 Å². The van der Waals surface area contributed by atoms with Gasteiger partial charge in [0, 0.05) is 55.2 Å². The molecule has 1 N–H and O–H groups in total. The molecule has 5 rings (SSSR count). The molecule has 0 atom stereocenters. The predicted octanol–water partition coefficient (Wildman–Crippen LogP) is 4.51. The molecule has 2 aliphatic rings. The number of thiazole rings is 1. The fourth-order valence-electron chi connectivity index (χ4n) is 1.34. The Kier molecular flexibility index (Phi) is 14.6. The van der Waals surface area contributed by atoms with Crippen LogP contribution < -0.4 is 0 Å². The first kappa shape index (κ1) is 20.9. The Labute approximate surface area is 157 Å². The smallest absolute Gasteiger partial charge is 0.115 e. The minimum Gasteiger partial charge on any atom is -0.351 e. The maximum atomic E-state index is 3.78. The molecule has 1 aliphatic carbocycles. The SMILES string of the molecule is C1=CCC=C1.C1=CN=CC1.c1c[nH]cn1.c1cncnc1.c1cscn1. The van der Waals surface area contributed by atoms with E-state index in [1.807, 2.05) is 17.7 Å². The van der Waals surface area contributed by atoms with Crippen LogP contribution in [0.2, 0.25) is 0 Å². The third-order valence-corrected chi connectivity index (χ3v) is 2.95. The molecule has 134 valence electrons. The van der Waals surface area contributed by atoms with Gasteiger partial charge in [0.05, 0.1) is 11.8 Å². The maximum absolute atomic E-state index is 3.78. The highest BCUT2D eigenvalue weighted by atomic mass is 32.1. The Hall–Kier alpha value is -3.19. The van der Waals surface area contributed by atoms with Crippen molar-refractivity contribution in [3.8, 4) is 0 Å². The fraction of sp³-hybridized carbons (Fsp3) is 0.105. The zero-order chi connectivity index (χ0) is 18.4. The van der Waals surface area contributed by atoms with E-state index in [-0.39, 0.29) is 0 Å². The number of H-pyrrole nitrogens is 1. The highest BCUT2D eigenvalue weighted by Gasteiger charge is 1.73. The van der Waals surface area contributed by atoms with Gasteiger partial charge in [0.25, 0.3) is 0 Å². The van der Waals surface area contributed by atoms with Gasteiger partial charge in [-0.25, -0.2) is 15.0 Å². The van der Waals surface area contributed by atoms with Crippen molar-refractivity contribution in [2.45, 2.75) is 12.8 Å². The summed E-state index contributed by atoms with van der Waals surface area (Å²) in [7, 11) is 0. The molecular formula is C19H22N6S. The van der Waals surface area contributed by atoms with Crippen molar-refractivity contribution in [2.24, 2.45) is 4.99 Å². The molecule has 7 heteroatoms. The highest BCUT2D eigenvalue weighted by Crippen LogP contribution is 1.93. The van der Waals surface area contributed by atoms with Crippen molar-refractivity contribution >= 4 is 17.6 Å². The van der Waals surface area contributed by atoms with Crippen molar-refractivity contribution < 1.29 is 0 Å². The summed E-state index contributed by atoms with van der Waals surface area (Å²) in [5.41, 5.74) is 1.79. The number of hydrogen-bond donors (Lipinski definition) is 1. The van der Waals surface area contributed by atoms with Gasteiger partial charge >= 0.3 is 0 Å². The molecule has 0 fully saturated rings. The number of aromatic amines is 1. The van der Waals surface area contributed by atoms with Gasteiger partial charge in [0.1, 0.15) is 6.33 Å². The van der Waals surface area contributed by atoms with Crippen LogP contribution in [0.1, 0.15) is 12.8 Å². The van der Waals surface area contributed by atoms with E-state index in [9.17, 15) is 0 Å². The van der Waals surface area contributed by atoms with Crippen molar-refractivity contribution in [1.82, 2.24) is 24.9 Å². The summed E-state index contributed by atoms with van der Waals surface area (Å²) in [6, 6.07) is 1.78. The van der Waals surface area contributed by atoms with Crippen LogP contribution in [-0.2, 0) is 0 Å². The Morgan fingerprint density at radius 3 is 1.85 bits per heavy atom. The first-order valence-electron chi connectivity index (χ1n) is 7.93. The fourth-order valence-corrected chi connectivity index (χ4v) is 1.69. The van der Waals surface area contributed by atoms with Crippen LogP contribution in [0.25, 0.3) is 0 Å². The number of allylic oxidation sites excluding steroid dienone is 5. The molecule has 0 unspecified atom stereocenters. The van der Waals surface area contributed by atoms with Crippen LogP contribution in [0.15, 0.2) is 102 Å². The molecule has 0 radical (unpaired) electrons. The minimum absolute atomic E-state index is 1.03. The molecule has 1 aliphatic heterocycles. The molecule has 6 nitrogen and oxygen atoms in total. The van der Waals surface area contributed by atoms with E-state index in [0.29, 0.717) is 0 Å². The van der Waals surface area contributed by atoms with E-state index in [1.54, 1.807) is 66.4 Å². The highest BCUT2D eigenvalue weighted by molar-refractivity contribution is 7.07. The Balaban J connectivity index is 0.000000163. The van der Waals surface area contributed by atoms with Crippen LogP contribution in [0.5, 0.6) is 0 Å². The predicted molar refractivity (Wildman–Crippen MR) is 108 cm³/mol. The van der Waals surface area contributed by atoms with E-state index in [2.05, 4.69) is 54.2 Å². The van der Waals surface area contributed by atoms with Crippen LogP contribution in [-0.4, -0.2) is 31.1 Å². The summed E-state index contributed by atoms with van der Waals surface area (Å²) >= 11 is 1.60. The molecule has 0 bridgehead atoms. The number of nitrogens with zero attached hydrogens (tertiary/aromatic N) is 5. The summed E-state index contributed by atoms with van der Waals surface area (Å²) in [5.74, 6) is 0. The number of aliphatic imine (C=N–C) groups is 1. The first-order valence-corrected chi connectivity index (χ1v) is 8.87. The van der Waals surface area contributed by atoms with Gasteiger partial charge < -0.3 is 4.98 Å². The van der Waals surface area contributed by atoms with Crippen molar-refractivity contribution in [1.29, 1.82) is 0 Å². The van der Waals surface area contributed by atoms with E-state index in [1.165, 1.54) is 6.33 Å². The Bertz CT molecular complexity index is 574. The average molecular weight is 366 g/mol. The third kappa shape index (κ3) is 15.7. The van der Waals surface area contributed by atoms with Crippen LogP contribution in [0, 0.1) is 0 Å². The zero-order valence-electron chi connectivity index (χ0n) is 14.4. The quantitative estimate of drug-likeness (QED) is 0.635. The number of rotatable bonds is 0. The second-order valence-corrected chi connectivity index (χ2v) is 5.14. The first-order chi connectivity index (χ1) is 13.0. The van der Waals surface area contributed by atoms with E-state index in [0.717, 1.165) is 12.8 Å². The molecule has 0 spiro atoms. The number of imidazole rings is 1. The molecule has 3 aromatic heterocycles. The lowest BCUT2D eigenvalue weighted by Gasteiger charge is -1.70. The van der Waals surface area contributed by atoms with Crippen molar-refractivity contribution in [3.63, 3.8) is 0 Å². The topological polar surface area (TPSA) is 79.7 Å². The average Bonchev–Trinajstić information content (AvgIpc) is 3.56. The summed E-state index contributed by atoms with van der Waals surface area (Å²) in [4.78, 5) is 21.3. The molecule has 4 heterocycles. The van der Waals surface area contributed by atoms with Crippen molar-refractivity contribution in [2.75, 3.05) is 0 Å². The van der Waals surface area contributed by atoms with Crippen LogP contribution in [0.4, 0.5) is 0 Å². The van der Waals surface area contributed by atoms with Gasteiger partial charge in [-0.05, 0) is 12.5 Å². The standard InChI is InChI=1S/C5H6.C4H4N2.C4H5N.C3H4N2.C3H3NS/c1-2-4-5-3-1;1-2-5-4-6-3-1;1-2-4-5-3-1;2*1-2-5-3-4-1/h1-4H,5H2;1-4H;1,3-4H,2H2;1-3H,(H,4,5);1-3H. The number of nitrogens with one attached hydrogen (secondary N) is 1. The van der Waals surface area contributed by atoms with Gasteiger partial charge in [-0.1, -0.05) is 30.4 Å². The zero-order valence-corrected chi connectivity index (χ0v) is 15.2.